The number of carboxylic acids is 1. The largest absolute Gasteiger partial charge is 0.479 e. The van der Waals surface area contributed by atoms with Crippen LogP contribution in [0.25, 0.3) is 0 Å². The van der Waals surface area contributed by atoms with E-state index in [1.165, 1.54) is 18.3 Å². The van der Waals surface area contributed by atoms with Gasteiger partial charge in [0.1, 0.15) is 17.7 Å². The van der Waals surface area contributed by atoms with Gasteiger partial charge in [-0.25, -0.2) is 4.79 Å². The molecule has 0 aromatic carbocycles. The Morgan fingerprint density at radius 2 is 2.16 bits per heavy atom. The van der Waals surface area contributed by atoms with Crippen LogP contribution in [0.3, 0.4) is 0 Å². The van der Waals surface area contributed by atoms with Gasteiger partial charge in [-0.2, -0.15) is 5.26 Å². The summed E-state index contributed by atoms with van der Waals surface area (Å²) >= 11 is 1.31. The van der Waals surface area contributed by atoms with Gasteiger partial charge in [0.25, 0.3) is 5.91 Å². The van der Waals surface area contributed by atoms with Crippen molar-refractivity contribution in [1.29, 1.82) is 5.26 Å². The Bertz CT molecular complexity index is 545. The lowest BCUT2D eigenvalue weighted by molar-refractivity contribution is -0.150. The van der Waals surface area contributed by atoms with Gasteiger partial charge in [-0.1, -0.05) is 0 Å². The molecule has 0 bridgehead atoms. The number of carbonyl (C=O) groups excluding carboxylic acids is 1. The molecule has 0 radical (unpaired) electrons. The number of nitrogens with zero attached hydrogens (tertiary/aromatic N) is 1. The zero-order valence-electron chi connectivity index (χ0n) is 10.8. The monoisotopic (exact) mass is 282 g/mol. The number of nitriles is 1. The van der Waals surface area contributed by atoms with Crippen LogP contribution in [-0.4, -0.2) is 29.7 Å². The number of carboxylic acid groups (broad SMARTS) is 1. The van der Waals surface area contributed by atoms with E-state index in [4.69, 9.17) is 15.1 Å². The molecule has 7 heteroatoms. The van der Waals surface area contributed by atoms with Crippen LogP contribution in [-0.2, 0) is 14.3 Å². The quantitative estimate of drug-likeness (QED) is 0.855. The second-order valence-electron chi connectivity index (χ2n) is 3.94. The van der Waals surface area contributed by atoms with Gasteiger partial charge < -0.3 is 15.2 Å². The van der Waals surface area contributed by atoms with Crippen LogP contribution in [0.4, 0.5) is 5.00 Å². The first-order chi connectivity index (χ1) is 8.86. The molecule has 0 saturated carbocycles. The SMILES string of the molecule is Cc1sc(NC(=O)CO[C@H](C)C(=O)O)c(C#N)c1C. The number of ether oxygens (including phenoxy) is 1. The van der Waals surface area contributed by atoms with E-state index >= 15 is 0 Å². The molecule has 102 valence electrons. The van der Waals surface area contributed by atoms with Gasteiger partial charge in [-0.3, -0.25) is 4.79 Å². The fourth-order valence-electron chi connectivity index (χ4n) is 1.28. The average molecular weight is 282 g/mol. The number of carbonyl (C=O) groups is 2. The zero-order chi connectivity index (χ0) is 14.6. The second-order valence-corrected chi connectivity index (χ2v) is 5.16. The van der Waals surface area contributed by atoms with Gasteiger partial charge in [0.15, 0.2) is 6.10 Å². The smallest absolute Gasteiger partial charge is 0.332 e. The highest BCUT2D eigenvalue weighted by molar-refractivity contribution is 7.16. The average Bonchev–Trinajstić information content (AvgIpc) is 2.61. The maximum atomic E-state index is 11.6. The number of thiophene rings is 1. The van der Waals surface area contributed by atoms with Crippen LogP contribution in [0.2, 0.25) is 0 Å². The predicted octanol–water partition coefficient (Wildman–Crippen LogP) is 1.66. The molecule has 1 aromatic rings. The molecule has 6 nitrogen and oxygen atoms in total. The van der Waals surface area contributed by atoms with Crippen molar-refractivity contribution in [1.82, 2.24) is 0 Å². The van der Waals surface area contributed by atoms with E-state index in [9.17, 15) is 9.59 Å². The number of aliphatic carboxylic acids is 1. The molecule has 0 aliphatic carbocycles. The molecule has 1 heterocycles. The molecule has 0 unspecified atom stereocenters. The van der Waals surface area contributed by atoms with Crippen LogP contribution < -0.4 is 5.32 Å². The minimum atomic E-state index is -1.13. The standard InChI is InChI=1S/C12H14N2O4S/c1-6-8(3)19-11(9(6)4-13)14-10(15)5-18-7(2)12(16)17/h7H,5H2,1-3H3,(H,14,15)(H,16,17)/t7-/m1/s1. The normalized spacial score (nSPS) is 11.7. The lowest BCUT2D eigenvalue weighted by Gasteiger charge is -2.08. The number of hydrogen-bond acceptors (Lipinski definition) is 5. The van der Waals surface area contributed by atoms with Gasteiger partial charge in [0, 0.05) is 4.88 Å². The number of anilines is 1. The van der Waals surface area contributed by atoms with Gasteiger partial charge in [-0.05, 0) is 26.3 Å². The Hall–Kier alpha value is -1.91. The highest BCUT2D eigenvalue weighted by Crippen LogP contribution is 2.31. The Morgan fingerprint density at radius 3 is 2.68 bits per heavy atom. The molecule has 0 fully saturated rings. The van der Waals surface area contributed by atoms with Crippen molar-refractivity contribution < 1.29 is 19.4 Å². The molecule has 2 N–H and O–H groups in total. The number of aryl methyl sites for hydroxylation is 1. The minimum absolute atomic E-state index is 0.367. The van der Waals surface area contributed by atoms with E-state index < -0.39 is 18.0 Å². The fourth-order valence-corrected chi connectivity index (χ4v) is 2.31. The maximum absolute atomic E-state index is 11.6. The van der Waals surface area contributed by atoms with Crippen molar-refractivity contribution in [2.24, 2.45) is 0 Å². The second kappa shape index (κ2) is 6.31. The number of nitrogens with one attached hydrogen (secondary N) is 1. The molecule has 0 spiro atoms. The summed E-state index contributed by atoms with van der Waals surface area (Å²) in [5, 5.41) is 20.6. The van der Waals surface area contributed by atoms with Crippen LogP contribution in [0.1, 0.15) is 22.9 Å². The Labute approximate surface area is 114 Å². The molecular weight excluding hydrogens is 268 g/mol. The van der Waals surface area contributed by atoms with Gasteiger partial charge in [-0.15, -0.1) is 11.3 Å². The van der Waals surface area contributed by atoms with E-state index in [1.54, 1.807) is 0 Å². The van der Waals surface area contributed by atoms with E-state index in [0.717, 1.165) is 10.4 Å². The summed E-state index contributed by atoms with van der Waals surface area (Å²) in [6.45, 7) is 4.65. The molecule has 1 amide bonds. The molecular formula is C12H14N2O4S. The van der Waals surface area contributed by atoms with Crippen LogP contribution in [0.5, 0.6) is 0 Å². The fraction of sp³-hybridized carbons (Fsp3) is 0.417. The summed E-state index contributed by atoms with van der Waals surface area (Å²) < 4.78 is 4.86. The lowest BCUT2D eigenvalue weighted by atomic mass is 10.2. The predicted molar refractivity (Wildman–Crippen MR) is 70.2 cm³/mol. The summed E-state index contributed by atoms with van der Waals surface area (Å²) in [5.74, 6) is -1.61. The Kier molecular flexibility index (Phi) is 5.03. The van der Waals surface area contributed by atoms with E-state index in [2.05, 4.69) is 5.32 Å². The van der Waals surface area contributed by atoms with Crippen LogP contribution in [0, 0.1) is 25.2 Å². The third-order valence-electron chi connectivity index (χ3n) is 2.56. The first-order valence-electron chi connectivity index (χ1n) is 5.51. The van der Waals surface area contributed by atoms with Gasteiger partial charge in [0.05, 0.1) is 5.56 Å². The third kappa shape index (κ3) is 3.77. The van der Waals surface area contributed by atoms with Crippen molar-refractivity contribution >= 4 is 28.2 Å². The summed E-state index contributed by atoms with van der Waals surface area (Å²) in [5.41, 5.74) is 1.27. The van der Waals surface area contributed by atoms with E-state index in [1.807, 2.05) is 19.9 Å². The topological polar surface area (TPSA) is 99.4 Å². The number of amides is 1. The number of rotatable bonds is 5. The molecule has 1 rings (SSSR count). The maximum Gasteiger partial charge on any atom is 0.332 e. The molecule has 1 atom stereocenters. The van der Waals surface area contributed by atoms with E-state index in [-0.39, 0.29) is 6.61 Å². The summed E-state index contributed by atoms with van der Waals surface area (Å²) in [4.78, 5) is 23.1. The van der Waals surface area contributed by atoms with Crippen molar-refractivity contribution in [3.05, 3.63) is 16.0 Å². The highest BCUT2D eigenvalue weighted by atomic mass is 32.1. The van der Waals surface area contributed by atoms with Gasteiger partial charge in [0.2, 0.25) is 0 Å². The Morgan fingerprint density at radius 1 is 1.53 bits per heavy atom. The Balaban J connectivity index is 2.66. The van der Waals surface area contributed by atoms with Crippen molar-refractivity contribution in [3.63, 3.8) is 0 Å². The minimum Gasteiger partial charge on any atom is -0.479 e. The van der Waals surface area contributed by atoms with Crippen molar-refractivity contribution in [2.75, 3.05) is 11.9 Å². The molecule has 19 heavy (non-hydrogen) atoms. The first kappa shape index (κ1) is 15.1. The van der Waals surface area contributed by atoms with Crippen LogP contribution >= 0.6 is 11.3 Å². The third-order valence-corrected chi connectivity index (χ3v) is 3.68. The summed E-state index contributed by atoms with van der Waals surface area (Å²) in [7, 11) is 0. The summed E-state index contributed by atoms with van der Waals surface area (Å²) in [6, 6.07) is 2.03. The molecule has 1 aromatic heterocycles. The zero-order valence-corrected chi connectivity index (χ0v) is 11.6. The highest BCUT2D eigenvalue weighted by Gasteiger charge is 2.17. The van der Waals surface area contributed by atoms with Crippen molar-refractivity contribution in [2.45, 2.75) is 26.9 Å². The first-order valence-corrected chi connectivity index (χ1v) is 6.32. The lowest BCUT2D eigenvalue weighted by Crippen LogP contribution is -2.26. The summed E-state index contributed by atoms with van der Waals surface area (Å²) in [6.07, 6.45) is -1.05. The van der Waals surface area contributed by atoms with Gasteiger partial charge >= 0.3 is 5.97 Å². The molecule has 0 aliphatic heterocycles. The number of hydrogen-bond donors (Lipinski definition) is 2. The van der Waals surface area contributed by atoms with Crippen molar-refractivity contribution in [3.8, 4) is 6.07 Å². The molecule has 0 aliphatic rings. The van der Waals surface area contributed by atoms with Crippen LogP contribution in [0.15, 0.2) is 0 Å². The molecule has 0 saturated heterocycles. The van der Waals surface area contributed by atoms with E-state index in [0.29, 0.717) is 10.6 Å².